The van der Waals surface area contributed by atoms with Gasteiger partial charge in [-0.05, 0) is 43.7 Å². The van der Waals surface area contributed by atoms with Crippen molar-refractivity contribution in [3.63, 3.8) is 0 Å². The lowest BCUT2D eigenvalue weighted by Crippen LogP contribution is -2.23. The Morgan fingerprint density at radius 2 is 1.84 bits per heavy atom. The van der Waals surface area contributed by atoms with Crippen molar-refractivity contribution < 1.29 is 14.0 Å². The van der Waals surface area contributed by atoms with E-state index >= 15 is 0 Å². The molecule has 1 aromatic heterocycles. The predicted molar refractivity (Wildman–Crippen MR) is 122 cm³/mol. The fourth-order valence-electron chi connectivity index (χ4n) is 3.42. The first-order chi connectivity index (χ1) is 15.5. The van der Waals surface area contributed by atoms with E-state index < -0.39 is 0 Å². The minimum absolute atomic E-state index is 0.180. The van der Waals surface area contributed by atoms with Gasteiger partial charge in [-0.1, -0.05) is 43.3 Å². The minimum atomic E-state index is -0.295. The van der Waals surface area contributed by atoms with Gasteiger partial charge in [-0.3, -0.25) is 14.8 Å². The Morgan fingerprint density at radius 3 is 2.50 bits per heavy atom. The van der Waals surface area contributed by atoms with Gasteiger partial charge in [0, 0.05) is 17.3 Å². The summed E-state index contributed by atoms with van der Waals surface area (Å²) in [7, 11) is 0. The van der Waals surface area contributed by atoms with Gasteiger partial charge < -0.3 is 10.2 Å². The number of rotatable bonds is 5. The van der Waals surface area contributed by atoms with Crippen LogP contribution in [0.1, 0.15) is 59.6 Å². The third-order valence-electron chi connectivity index (χ3n) is 5.00. The lowest BCUT2D eigenvalue weighted by atomic mass is 9.86. The molecule has 1 aliphatic heterocycles. The van der Waals surface area contributed by atoms with E-state index in [4.69, 9.17) is 4.84 Å². The molecule has 0 saturated heterocycles. The van der Waals surface area contributed by atoms with Crippen molar-refractivity contribution in [2.45, 2.75) is 46.3 Å². The van der Waals surface area contributed by atoms with Crippen LogP contribution in [0.15, 0.2) is 66.1 Å². The van der Waals surface area contributed by atoms with Gasteiger partial charge in [0.25, 0.3) is 5.91 Å². The number of carbonyl (C=O) groups excluding carboxylic acids is 1. The number of oxime groups is 1. The Labute approximate surface area is 187 Å². The lowest BCUT2D eigenvalue weighted by Gasteiger charge is -2.16. The van der Waals surface area contributed by atoms with E-state index in [0.29, 0.717) is 17.8 Å². The zero-order chi connectivity index (χ0) is 23.1. The Hall–Kier alpha value is -3.61. The van der Waals surface area contributed by atoms with Gasteiger partial charge in [0.1, 0.15) is 11.9 Å². The SMILES string of the molecule is CC.Cc1cnc(CNC(=O)c2ccc(C3=NOC(C)C3c3cccc(F)c3)cc2)cn1. The largest absolute Gasteiger partial charge is 0.391 e. The molecule has 0 fully saturated rings. The van der Waals surface area contributed by atoms with E-state index in [0.717, 1.165) is 22.5 Å². The zero-order valence-electron chi connectivity index (χ0n) is 18.7. The molecule has 1 N–H and O–H groups in total. The number of aromatic nitrogens is 2. The summed E-state index contributed by atoms with van der Waals surface area (Å²) >= 11 is 0. The van der Waals surface area contributed by atoms with Crippen molar-refractivity contribution in [2.75, 3.05) is 0 Å². The van der Waals surface area contributed by atoms with Crippen molar-refractivity contribution >= 4 is 11.6 Å². The van der Waals surface area contributed by atoms with Crippen molar-refractivity contribution in [1.82, 2.24) is 15.3 Å². The number of hydrogen-bond donors (Lipinski definition) is 1. The summed E-state index contributed by atoms with van der Waals surface area (Å²) in [5, 5.41) is 7.04. The Morgan fingerprint density at radius 1 is 1.09 bits per heavy atom. The molecule has 7 heteroatoms. The molecule has 4 rings (SSSR count). The molecule has 0 bridgehead atoms. The number of benzene rings is 2. The number of nitrogens with zero attached hydrogens (tertiary/aromatic N) is 3. The third-order valence-corrected chi connectivity index (χ3v) is 5.00. The molecular weight excluding hydrogens is 407 g/mol. The molecule has 3 aromatic rings. The van der Waals surface area contributed by atoms with Crippen LogP contribution in [0.4, 0.5) is 4.39 Å². The van der Waals surface area contributed by atoms with Crippen LogP contribution in [0, 0.1) is 12.7 Å². The highest BCUT2D eigenvalue weighted by Crippen LogP contribution is 2.32. The van der Waals surface area contributed by atoms with Crippen LogP contribution in [0.2, 0.25) is 0 Å². The molecule has 6 nitrogen and oxygen atoms in total. The summed E-state index contributed by atoms with van der Waals surface area (Å²) in [5.74, 6) is -0.680. The average molecular weight is 435 g/mol. The molecule has 1 aliphatic rings. The molecule has 1 amide bonds. The van der Waals surface area contributed by atoms with Crippen LogP contribution >= 0.6 is 0 Å². The molecule has 0 spiro atoms. The molecule has 2 unspecified atom stereocenters. The topological polar surface area (TPSA) is 76.5 Å². The normalized spacial score (nSPS) is 17.0. The summed E-state index contributed by atoms with van der Waals surface area (Å²) < 4.78 is 13.7. The number of hydrogen-bond acceptors (Lipinski definition) is 5. The third kappa shape index (κ3) is 5.35. The van der Waals surface area contributed by atoms with Gasteiger partial charge in [-0.25, -0.2) is 4.39 Å². The number of halogens is 1. The summed E-state index contributed by atoms with van der Waals surface area (Å²) in [6.07, 6.45) is 3.10. The highest BCUT2D eigenvalue weighted by atomic mass is 19.1. The molecule has 32 heavy (non-hydrogen) atoms. The second-order valence-corrected chi connectivity index (χ2v) is 7.23. The lowest BCUT2D eigenvalue weighted by molar-refractivity contribution is 0.0904. The monoisotopic (exact) mass is 434 g/mol. The molecule has 2 aromatic carbocycles. The van der Waals surface area contributed by atoms with Crippen molar-refractivity contribution in [3.8, 4) is 0 Å². The predicted octanol–water partition coefficient (Wildman–Crippen LogP) is 4.79. The van der Waals surface area contributed by atoms with Crippen LogP contribution in [-0.4, -0.2) is 27.7 Å². The quantitative estimate of drug-likeness (QED) is 0.627. The molecule has 0 saturated carbocycles. The Bertz CT molecular complexity index is 1080. The Balaban J connectivity index is 0.00000141. The second kappa shape index (κ2) is 10.6. The van der Waals surface area contributed by atoms with Crippen molar-refractivity contribution in [1.29, 1.82) is 0 Å². The van der Waals surface area contributed by atoms with E-state index in [-0.39, 0.29) is 23.7 Å². The van der Waals surface area contributed by atoms with E-state index in [1.165, 1.54) is 12.1 Å². The highest BCUT2D eigenvalue weighted by Gasteiger charge is 2.33. The van der Waals surface area contributed by atoms with Crippen LogP contribution < -0.4 is 5.32 Å². The molecule has 2 atom stereocenters. The Kier molecular flexibility index (Phi) is 7.65. The van der Waals surface area contributed by atoms with Crippen LogP contribution in [0.25, 0.3) is 0 Å². The first-order valence-electron chi connectivity index (χ1n) is 10.7. The van der Waals surface area contributed by atoms with Gasteiger partial charge in [0.2, 0.25) is 0 Å². The van der Waals surface area contributed by atoms with Gasteiger partial charge in [0.05, 0.1) is 35.8 Å². The van der Waals surface area contributed by atoms with E-state index in [2.05, 4.69) is 20.4 Å². The number of aryl methyl sites for hydroxylation is 1. The minimum Gasteiger partial charge on any atom is -0.391 e. The molecule has 0 aliphatic carbocycles. The summed E-state index contributed by atoms with van der Waals surface area (Å²) in [4.78, 5) is 26.3. The zero-order valence-corrected chi connectivity index (χ0v) is 18.7. The summed E-state index contributed by atoms with van der Waals surface area (Å²) in [5.41, 5.74) is 4.39. The number of nitrogens with one attached hydrogen (secondary N) is 1. The van der Waals surface area contributed by atoms with Crippen LogP contribution in [0.3, 0.4) is 0 Å². The molecular formula is C25H27FN4O2. The smallest absolute Gasteiger partial charge is 0.251 e. The second-order valence-electron chi connectivity index (χ2n) is 7.23. The fraction of sp³-hybridized carbons (Fsp3) is 0.280. The van der Waals surface area contributed by atoms with Crippen molar-refractivity contribution in [3.05, 3.63) is 94.8 Å². The maximum atomic E-state index is 13.7. The van der Waals surface area contributed by atoms with Gasteiger partial charge >= 0.3 is 0 Å². The van der Waals surface area contributed by atoms with Crippen LogP contribution in [0.5, 0.6) is 0 Å². The standard InChI is InChI=1S/C23H21FN4O2.C2H6/c1-14-11-26-20(12-25-14)13-27-23(29)17-8-6-16(7-9-17)22-21(15(2)30-28-22)18-4-3-5-19(24)10-18;1-2/h3-12,15,21H,13H2,1-2H3,(H,27,29);1-2H3. The van der Waals surface area contributed by atoms with Gasteiger partial charge in [0.15, 0.2) is 0 Å². The number of carbonyl (C=O) groups is 1. The fourth-order valence-corrected chi connectivity index (χ4v) is 3.42. The molecule has 166 valence electrons. The maximum absolute atomic E-state index is 13.7. The van der Waals surface area contributed by atoms with E-state index in [9.17, 15) is 9.18 Å². The maximum Gasteiger partial charge on any atom is 0.251 e. The van der Waals surface area contributed by atoms with E-state index in [1.54, 1.807) is 30.6 Å². The van der Waals surface area contributed by atoms with Gasteiger partial charge in [-0.2, -0.15) is 0 Å². The first-order valence-corrected chi connectivity index (χ1v) is 10.7. The van der Waals surface area contributed by atoms with E-state index in [1.807, 2.05) is 45.9 Å². The average Bonchev–Trinajstić information content (AvgIpc) is 3.21. The highest BCUT2D eigenvalue weighted by molar-refractivity contribution is 6.06. The molecule has 2 heterocycles. The molecule has 0 radical (unpaired) electrons. The summed E-state index contributed by atoms with van der Waals surface area (Å²) in [6, 6.07) is 13.6. The van der Waals surface area contributed by atoms with Crippen LogP contribution in [-0.2, 0) is 11.4 Å². The first kappa shape index (κ1) is 23.1. The van der Waals surface area contributed by atoms with Crippen molar-refractivity contribution in [2.24, 2.45) is 5.16 Å². The van der Waals surface area contributed by atoms with Gasteiger partial charge in [-0.15, -0.1) is 0 Å². The number of amides is 1. The summed E-state index contributed by atoms with van der Waals surface area (Å²) in [6.45, 7) is 8.06.